The van der Waals surface area contributed by atoms with Gasteiger partial charge in [-0.05, 0) is 54.7 Å². The molecule has 168 valence electrons. The van der Waals surface area contributed by atoms with Crippen molar-refractivity contribution in [1.29, 1.82) is 0 Å². The third-order valence-electron chi connectivity index (χ3n) is 6.23. The Balaban J connectivity index is 1.35. The van der Waals surface area contributed by atoms with Crippen LogP contribution in [0.2, 0.25) is 0 Å². The summed E-state index contributed by atoms with van der Waals surface area (Å²) in [5.41, 5.74) is 5.36. The SMILES string of the molecule is CCCCN(CCCC)c1ccc(Cc2ccc(N(CC3CO3)CC3CO3)cc2)cc1. The summed E-state index contributed by atoms with van der Waals surface area (Å²) >= 11 is 0. The molecule has 4 heteroatoms. The Morgan fingerprint density at radius 3 is 1.48 bits per heavy atom. The molecule has 0 radical (unpaired) electrons. The van der Waals surface area contributed by atoms with Crippen molar-refractivity contribution in [3.63, 3.8) is 0 Å². The van der Waals surface area contributed by atoms with Crippen LogP contribution in [0.25, 0.3) is 0 Å². The van der Waals surface area contributed by atoms with Crippen molar-refractivity contribution in [3.05, 3.63) is 59.7 Å². The number of unbranched alkanes of at least 4 members (excludes halogenated alkanes) is 2. The number of rotatable bonds is 14. The van der Waals surface area contributed by atoms with E-state index in [1.54, 1.807) is 0 Å². The van der Waals surface area contributed by atoms with E-state index < -0.39 is 0 Å². The molecule has 0 amide bonds. The first-order chi connectivity index (χ1) is 15.2. The summed E-state index contributed by atoms with van der Waals surface area (Å²) in [5, 5.41) is 0. The fraction of sp³-hybridized carbons (Fsp3) is 0.556. The van der Waals surface area contributed by atoms with E-state index in [0.29, 0.717) is 12.2 Å². The molecule has 31 heavy (non-hydrogen) atoms. The lowest BCUT2D eigenvalue weighted by Crippen LogP contribution is -2.31. The predicted octanol–water partition coefficient (Wildman–Crippen LogP) is 5.29. The molecule has 2 aromatic rings. The summed E-state index contributed by atoms with van der Waals surface area (Å²) in [5.74, 6) is 0. The maximum Gasteiger partial charge on any atom is 0.0984 e. The molecule has 2 aliphatic heterocycles. The quantitative estimate of drug-likeness (QED) is 0.387. The number of anilines is 2. The highest BCUT2D eigenvalue weighted by atomic mass is 16.6. The topological polar surface area (TPSA) is 31.5 Å². The highest BCUT2D eigenvalue weighted by molar-refractivity contribution is 5.50. The molecule has 2 fully saturated rings. The molecule has 0 aromatic heterocycles. The second-order valence-corrected chi connectivity index (χ2v) is 9.02. The van der Waals surface area contributed by atoms with Crippen LogP contribution in [0.15, 0.2) is 48.5 Å². The van der Waals surface area contributed by atoms with Crippen molar-refractivity contribution < 1.29 is 9.47 Å². The zero-order chi connectivity index (χ0) is 21.5. The molecule has 0 saturated carbocycles. The van der Waals surface area contributed by atoms with Gasteiger partial charge in [0.15, 0.2) is 0 Å². The molecule has 2 saturated heterocycles. The molecular formula is C27H38N2O2. The van der Waals surface area contributed by atoms with Crippen molar-refractivity contribution >= 4 is 11.4 Å². The molecule has 2 heterocycles. The monoisotopic (exact) mass is 422 g/mol. The van der Waals surface area contributed by atoms with Gasteiger partial charge in [-0.3, -0.25) is 0 Å². The van der Waals surface area contributed by atoms with Crippen molar-refractivity contribution in [2.24, 2.45) is 0 Å². The number of ether oxygens (including phenoxy) is 2. The van der Waals surface area contributed by atoms with E-state index >= 15 is 0 Å². The first kappa shape index (κ1) is 22.2. The van der Waals surface area contributed by atoms with Gasteiger partial charge in [0, 0.05) is 37.6 Å². The third-order valence-corrected chi connectivity index (χ3v) is 6.23. The highest BCUT2D eigenvalue weighted by Gasteiger charge is 2.30. The molecule has 2 atom stereocenters. The molecule has 2 unspecified atom stereocenters. The van der Waals surface area contributed by atoms with E-state index in [4.69, 9.17) is 9.47 Å². The van der Waals surface area contributed by atoms with E-state index in [1.807, 2.05) is 0 Å². The Kier molecular flexibility index (Phi) is 7.87. The van der Waals surface area contributed by atoms with Gasteiger partial charge in [0.1, 0.15) is 0 Å². The predicted molar refractivity (Wildman–Crippen MR) is 129 cm³/mol. The molecule has 4 nitrogen and oxygen atoms in total. The smallest absolute Gasteiger partial charge is 0.0984 e. The molecule has 4 rings (SSSR count). The van der Waals surface area contributed by atoms with Crippen LogP contribution < -0.4 is 9.80 Å². The summed E-state index contributed by atoms with van der Waals surface area (Å²) < 4.78 is 10.9. The summed E-state index contributed by atoms with van der Waals surface area (Å²) in [6.07, 6.45) is 6.77. The van der Waals surface area contributed by atoms with E-state index in [2.05, 4.69) is 72.2 Å². The van der Waals surface area contributed by atoms with E-state index in [-0.39, 0.29) is 0 Å². The van der Waals surface area contributed by atoms with Crippen LogP contribution in [0.1, 0.15) is 50.7 Å². The normalized spacial score (nSPS) is 19.3. The van der Waals surface area contributed by atoms with Gasteiger partial charge in [-0.25, -0.2) is 0 Å². The molecule has 0 bridgehead atoms. The molecule has 0 spiro atoms. The second kappa shape index (κ2) is 11.0. The number of epoxide rings is 2. The number of hydrogen-bond donors (Lipinski definition) is 0. The minimum atomic E-state index is 0.395. The summed E-state index contributed by atoms with van der Waals surface area (Å²) in [6.45, 7) is 10.6. The summed E-state index contributed by atoms with van der Waals surface area (Å²) in [4.78, 5) is 4.96. The largest absolute Gasteiger partial charge is 0.372 e. The van der Waals surface area contributed by atoms with E-state index in [9.17, 15) is 0 Å². The Morgan fingerprint density at radius 2 is 1.10 bits per heavy atom. The van der Waals surface area contributed by atoms with Gasteiger partial charge < -0.3 is 19.3 Å². The fourth-order valence-corrected chi connectivity index (χ4v) is 4.08. The van der Waals surface area contributed by atoms with Crippen LogP contribution in [0.4, 0.5) is 11.4 Å². The second-order valence-electron chi connectivity index (χ2n) is 9.02. The Morgan fingerprint density at radius 1 is 0.677 bits per heavy atom. The van der Waals surface area contributed by atoms with Gasteiger partial charge in [-0.15, -0.1) is 0 Å². The third kappa shape index (κ3) is 6.98. The Labute approximate surface area is 188 Å². The first-order valence-corrected chi connectivity index (χ1v) is 12.2. The molecule has 2 aliphatic rings. The lowest BCUT2D eigenvalue weighted by atomic mass is 10.0. The van der Waals surface area contributed by atoms with Crippen LogP contribution in [-0.2, 0) is 15.9 Å². The zero-order valence-corrected chi connectivity index (χ0v) is 19.3. The minimum absolute atomic E-state index is 0.395. The Hall–Kier alpha value is -2.04. The molecule has 0 N–H and O–H groups in total. The lowest BCUT2D eigenvalue weighted by Gasteiger charge is -2.25. The van der Waals surface area contributed by atoms with Crippen LogP contribution in [0.3, 0.4) is 0 Å². The molecule has 2 aromatic carbocycles. The van der Waals surface area contributed by atoms with Crippen molar-refractivity contribution in [1.82, 2.24) is 0 Å². The zero-order valence-electron chi connectivity index (χ0n) is 19.3. The van der Waals surface area contributed by atoms with Crippen molar-refractivity contribution in [3.8, 4) is 0 Å². The minimum Gasteiger partial charge on any atom is -0.372 e. The van der Waals surface area contributed by atoms with Crippen LogP contribution >= 0.6 is 0 Å². The van der Waals surface area contributed by atoms with Crippen LogP contribution in [0, 0.1) is 0 Å². The average Bonchev–Trinajstić information content (AvgIpc) is 3.72. The average molecular weight is 423 g/mol. The van der Waals surface area contributed by atoms with Gasteiger partial charge >= 0.3 is 0 Å². The van der Waals surface area contributed by atoms with Crippen molar-refractivity contribution in [2.75, 3.05) is 49.2 Å². The number of hydrogen-bond acceptors (Lipinski definition) is 4. The van der Waals surface area contributed by atoms with Crippen LogP contribution in [0.5, 0.6) is 0 Å². The number of nitrogens with zero attached hydrogens (tertiary/aromatic N) is 2. The standard InChI is InChI=1S/C27H38N2O2/c1-3-5-15-28(16-6-4-2)24-11-7-22(8-12-24)17-23-9-13-25(14-10-23)29(18-26-20-30-26)19-27-21-31-27/h7-14,26-27H,3-6,15-21H2,1-2H3. The first-order valence-electron chi connectivity index (χ1n) is 12.2. The van der Waals surface area contributed by atoms with E-state index in [1.165, 1.54) is 48.2 Å². The summed E-state index contributed by atoms with van der Waals surface area (Å²) in [7, 11) is 0. The highest BCUT2D eigenvalue weighted by Crippen LogP contribution is 2.24. The van der Waals surface area contributed by atoms with Crippen LogP contribution in [-0.4, -0.2) is 51.6 Å². The van der Waals surface area contributed by atoms with Gasteiger partial charge in [0.2, 0.25) is 0 Å². The lowest BCUT2D eigenvalue weighted by molar-refractivity contribution is 0.389. The Bertz CT molecular complexity index is 760. The number of benzene rings is 2. The van der Waals surface area contributed by atoms with E-state index in [0.717, 1.165) is 45.8 Å². The van der Waals surface area contributed by atoms with Gasteiger partial charge in [-0.1, -0.05) is 51.0 Å². The van der Waals surface area contributed by atoms with Crippen molar-refractivity contribution in [2.45, 2.75) is 58.2 Å². The fourth-order valence-electron chi connectivity index (χ4n) is 4.08. The van der Waals surface area contributed by atoms with Gasteiger partial charge in [0.25, 0.3) is 0 Å². The molecule has 0 aliphatic carbocycles. The summed E-state index contributed by atoms with van der Waals surface area (Å²) in [6, 6.07) is 18.3. The molecular weight excluding hydrogens is 384 g/mol. The van der Waals surface area contributed by atoms with Gasteiger partial charge in [0.05, 0.1) is 25.4 Å². The van der Waals surface area contributed by atoms with Gasteiger partial charge in [-0.2, -0.15) is 0 Å². The maximum atomic E-state index is 5.45. The maximum absolute atomic E-state index is 5.45.